The maximum Gasteiger partial charge on any atom is -0.00485 e. The fourth-order valence-electron chi connectivity index (χ4n) is 2.93. The zero-order chi connectivity index (χ0) is 9.03. The van der Waals surface area contributed by atoms with E-state index in [-0.39, 0.29) is 0 Å². The van der Waals surface area contributed by atoms with E-state index in [0.29, 0.717) is 5.41 Å². The van der Waals surface area contributed by atoms with Crippen molar-refractivity contribution < 1.29 is 0 Å². The summed E-state index contributed by atoms with van der Waals surface area (Å²) in [5.74, 6) is 0.850. The normalized spacial score (nSPS) is 22.2. The second-order valence-corrected chi connectivity index (χ2v) is 4.51. The van der Waals surface area contributed by atoms with Gasteiger partial charge in [0, 0.05) is 0 Å². The fraction of sp³-hybridized carbons (Fsp3) is 1.00. The molecule has 0 amide bonds. The standard InChI is InChI=1S/C11H23N/c1-3-5-11(6-4-2)7-10(8-11)9-12/h10H,3-9,12H2,1-2H3. The van der Waals surface area contributed by atoms with Crippen molar-refractivity contribution in [1.29, 1.82) is 0 Å². The maximum absolute atomic E-state index is 5.65. The molecule has 1 nitrogen and oxygen atoms in total. The Morgan fingerprint density at radius 2 is 1.67 bits per heavy atom. The van der Waals surface area contributed by atoms with Crippen molar-refractivity contribution in [3.05, 3.63) is 0 Å². The third-order valence-electron chi connectivity index (χ3n) is 3.34. The van der Waals surface area contributed by atoms with Gasteiger partial charge < -0.3 is 5.73 Å². The van der Waals surface area contributed by atoms with Gasteiger partial charge in [-0.3, -0.25) is 0 Å². The van der Waals surface area contributed by atoms with Crippen molar-refractivity contribution in [3.63, 3.8) is 0 Å². The molecular weight excluding hydrogens is 146 g/mol. The van der Waals surface area contributed by atoms with E-state index in [4.69, 9.17) is 5.73 Å². The van der Waals surface area contributed by atoms with Gasteiger partial charge in [0.25, 0.3) is 0 Å². The average Bonchev–Trinajstić information content (AvgIpc) is 1.99. The zero-order valence-corrected chi connectivity index (χ0v) is 8.60. The van der Waals surface area contributed by atoms with Gasteiger partial charge in [-0.2, -0.15) is 0 Å². The Hall–Kier alpha value is -0.0400. The molecule has 0 aromatic rings. The van der Waals surface area contributed by atoms with E-state index >= 15 is 0 Å². The summed E-state index contributed by atoms with van der Waals surface area (Å²) in [5.41, 5.74) is 6.36. The molecule has 1 fully saturated rings. The minimum Gasteiger partial charge on any atom is -0.330 e. The van der Waals surface area contributed by atoms with Crippen LogP contribution in [0.2, 0.25) is 0 Å². The zero-order valence-electron chi connectivity index (χ0n) is 8.60. The lowest BCUT2D eigenvalue weighted by molar-refractivity contribution is 0.0386. The molecule has 1 saturated carbocycles. The predicted octanol–water partition coefficient (Wildman–Crippen LogP) is 2.94. The van der Waals surface area contributed by atoms with Crippen LogP contribution in [0.25, 0.3) is 0 Å². The van der Waals surface area contributed by atoms with Gasteiger partial charge in [-0.05, 0) is 43.6 Å². The second-order valence-electron chi connectivity index (χ2n) is 4.51. The summed E-state index contributed by atoms with van der Waals surface area (Å²) in [4.78, 5) is 0. The first-order valence-electron chi connectivity index (χ1n) is 5.46. The summed E-state index contributed by atoms with van der Waals surface area (Å²) in [6.07, 6.45) is 8.36. The van der Waals surface area contributed by atoms with Crippen molar-refractivity contribution in [1.82, 2.24) is 0 Å². The summed E-state index contributed by atoms with van der Waals surface area (Å²) >= 11 is 0. The molecule has 1 rings (SSSR count). The smallest absolute Gasteiger partial charge is 0.00485 e. The van der Waals surface area contributed by atoms with Crippen LogP contribution >= 0.6 is 0 Å². The van der Waals surface area contributed by atoms with Gasteiger partial charge in [-0.1, -0.05) is 26.7 Å². The molecule has 1 aliphatic rings. The van der Waals surface area contributed by atoms with Gasteiger partial charge >= 0.3 is 0 Å². The van der Waals surface area contributed by atoms with Crippen LogP contribution in [-0.4, -0.2) is 6.54 Å². The topological polar surface area (TPSA) is 26.0 Å². The highest BCUT2D eigenvalue weighted by molar-refractivity contribution is 4.93. The van der Waals surface area contributed by atoms with E-state index < -0.39 is 0 Å². The molecule has 0 aliphatic heterocycles. The Morgan fingerprint density at radius 3 is 2.00 bits per heavy atom. The highest BCUT2D eigenvalue weighted by Crippen LogP contribution is 2.51. The molecular formula is C11H23N. The van der Waals surface area contributed by atoms with Crippen molar-refractivity contribution in [2.45, 2.75) is 52.4 Å². The van der Waals surface area contributed by atoms with Gasteiger partial charge in [0.15, 0.2) is 0 Å². The Morgan fingerprint density at radius 1 is 1.17 bits per heavy atom. The summed E-state index contributed by atoms with van der Waals surface area (Å²) in [5, 5.41) is 0. The lowest BCUT2D eigenvalue weighted by Crippen LogP contribution is -2.40. The predicted molar refractivity (Wildman–Crippen MR) is 54.0 cm³/mol. The van der Waals surface area contributed by atoms with Crippen LogP contribution in [0.4, 0.5) is 0 Å². The number of hydrogen-bond donors (Lipinski definition) is 1. The Balaban J connectivity index is 2.32. The van der Waals surface area contributed by atoms with Crippen molar-refractivity contribution in [2.24, 2.45) is 17.1 Å². The van der Waals surface area contributed by atoms with Gasteiger partial charge in [-0.25, -0.2) is 0 Å². The van der Waals surface area contributed by atoms with Crippen LogP contribution in [0.15, 0.2) is 0 Å². The largest absolute Gasteiger partial charge is 0.330 e. The molecule has 0 aromatic carbocycles. The first-order chi connectivity index (χ1) is 5.76. The third kappa shape index (κ3) is 2.01. The fourth-order valence-corrected chi connectivity index (χ4v) is 2.93. The Bertz CT molecular complexity index is 117. The lowest BCUT2D eigenvalue weighted by Gasteiger charge is -2.48. The maximum atomic E-state index is 5.65. The van der Waals surface area contributed by atoms with Crippen molar-refractivity contribution in [3.8, 4) is 0 Å². The molecule has 0 spiro atoms. The third-order valence-corrected chi connectivity index (χ3v) is 3.34. The highest BCUT2D eigenvalue weighted by Gasteiger charge is 2.41. The monoisotopic (exact) mass is 169 g/mol. The molecule has 0 heterocycles. The van der Waals surface area contributed by atoms with E-state index in [1.54, 1.807) is 0 Å². The van der Waals surface area contributed by atoms with E-state index in [0.717, 1.165) is 12.5 Å². The van der Waals surface area contributed by atoms with E-state index in [1.807, 2.05) is 0 Å². The summed E-state index contributed by atoms with van der Waals surface area (Å²) in [6.45, 7) is 5.51. The SMILES string of the molecule is CCCC1(CCC)CC(CN)C1. The van der Waals surface area contributed by atoms with Crippen LogP contribution in [0.1, 0.15) is 52.4 Å². The average molecular weight is 169 g/mol. The molecule has 0 bridgehead atoms. The number of hydrogen-bond acceptors (Lipinski definition) is 1. The van der Waals surface area contributed by atoms with Gasteiger partial charge in [0.05, 0.1) is 0 Å². The first-order valence-corrected chi connectivity index (χ1v) is 5.46. The van der Waals surface area contributed by atoms with Crippen LogP contribution < -0.4 is 5.73 Å². The van der Waals surface area contributed by atoms with Gasteiger partial charge in [0.2, 0.25) is 0 Å². The van der Waals surface area contributed by atoms with Crippen molar-refractivity contribution in [2.75, 3.05) is 6.54 Å². The second kappa shape index (κ2) is 4.27. The molecule has 1 heteroatoms. The molecule has 0 atom stereocenters. The van der Waals surface area contributed by atoms with Crippen LogP contribution in [0.3, 0.4) is 0 Å². The molecule has 72 valence electrons. The Labute approximate surface area is 76.7 Å². The minimum absolute atomic E-state index is 0.716. The van der Waals surface area contributed by atoms with Crippen molar-refractivity contribution >= 4 is 0 Å². The first kappa shape index (κ1) is 10.0. The summed E-state index contributed by atoms with van der Waals surface area (Å²) < 4.78 is 0. The van der Waals surface area contributed by atoms with Crippen LogP contribution in [0.5, 0.6) is 0 Å². The van der Waals surface area contributed by atoms with Gasteiger partial charge in [0.1, 0.15) is 0 Å². The van der Waals surface area contributed by atoms with E-state index in [9.17, 15) is 0 Å². The molecule has 0 unspecified atom stereocenters. The Kier molecular flexibility index (Phi) is 3.57. The molecule has 0 saturated heterocycles. The molecule has 1 aliphatic carbocycles. The quantitative estimate of drug-likeness (QED) is 0.673. The van der Waals surface area contributed by atoms with Crippen LogP contribution in [0, 0.1) is 11.3 Å². The summed E-state index contributed by atoms with van der Waals surface area (Å²) in [7, 11) is 0. The minimum atomic E-state index is 0.716. The van der Waals surface area contributed by atoms with Crippen LogP contribution in [-0.2, 0) is 0 Å². The lowest BCUT2D eigenvalue weighted by atomic mass is 9.58. The molecule has 12 heavy (non-hydrogen) atoms. The van der Waals surface area contributed by atoms with E-state index in [1.165, 1.54) is 38.5 Å². The van der Waals surface area contributed by atoms with Gasteiger partial charge in [-0.15, -0.1) is 0 Å². The molecule has 2 N–H and O–H groups in total. The molecule has 0 radical (unpaired) electrons. The number of nitrogens with two attached hydrogens (primary N) is 1. The molecule has 0 aromatic heterocycles. The highest BCUT2D eigenvalue weighted by atomic mass is 14.6. The van der Waals surface area contributed by atoms with E-state index in [2.05, 4.69) is 13.8 Å². The summed E-state index contributed by atoms with van der Waals surface area (Å²) in [6, 6.07) is 0. The number of rotatable bonds is 5.